The minimum atomic E-state index is 1.19. The van der Waals surface area contributed by atoms with E-state index >= 15 is 0 Å². The van der Waals surface area contributed by atoms with Crippen molar-refractivity contribution >= 4 is 64.4 Å². The number of hydrogen-bond acceptors (Lipinski definition) is 2. The van der Waals surface area contributed by atoms with E-state index in [4.69, 9.17) is 0 Å². The third-order valence-electron chi connectivity index (χ3n) is 6.36. The van der Waals surface area contributed by atoms with Crippen molar-refractivity contribution in [2.24, 2.45) is 0 Å². The molecule has 0 nitrogen and oxygen atoms in total. The lowest BCUT2D eigenvalue weighted by Crippen LogP contribution is -1.85. The summed E-state index contributed by atoms with van der Waals surface area (Å²) in [7, 11) is 0. The fraction of sp³-hybridized carbons (Fsp3) is 0.172. The first kappa shape index (κ1) is 19.0. The summed E-state index contributed by atoms with van der Waals surface area (Å²) in [6.45, 7) is 2.26. The Labute approximate surface area is 190 Å². The lowest BCUT2D eigenvalue weighted by Gasteiger charge is -2.05. The van der Waals surface area contributed by atoms with Crippen molar-refractivity contribution < 1.29 is 0 Å². The molecule has 2 heterocycles. The third-order valence-corrected chi connectivity index (χ3v) is 8.56. The van der Waals surface area contributed by atoms with Crippen LogP contribution in [0.15, 0.2) is 78.2 Å². The summed E-state index contributed by atoms with van der Waals surface area (Å²) in [5.41, 5.74) is 2.78. The second kappa shape index (κ2) is 7.78. The molecule has 2 aromatic heterocycles. The highest BCUT2D eigenvalue weighted by Gasteiger charge is 2.10. The predicted molar refractivity (Wildman–Crippen MR) is 141 cm³/mol. The molecule has 0 atom stereocenters. The number of hydrogen-bond donors (Lipinski definition) is 0. The van der Waals surface area contributed by atoms with Gasteiger partial charge in [0, 0.05) is 25.0 Å². The largest absolute Gasteiger partial charge is 0.143 e. The lowest BCUT2D eigenvalue weighted by atomic mass is 10.0. The third kappa shape index (κ3) is 3.35. The van der Waals surface area contributed by atoms with Crippen molar-refractivity contribution in [1.82, 2.24) is 0 Å². The van der Waals surface area contributed by atoms with E-state index in [1.54, 1.807) is 0 Å². The van der Waals surface area contributed by atoms with Gasteiger partial charge in [-0.3, -0.25) is 0 Å². The van der Waals surface area contributed by atoms with Crippen LogP contribution < -0.4 is 0 Å². The van der Waals surface area contributed by atoms with Crippen LogP contribution in [0.1, 0.15) is 31.7 Å². The smallest absolute Gasteiger partial charge is 0.0428 e. The van der Waals surface area contributed by atoms with E-state index in [1.807, 2.05) is 22.7 Å². The maximum absolute atomic E-state index is 2.39. The van der Waals surface area contributed by atoms with Crippen molar-refractivity contribution in [1.29, 1.82) is 0 Å². The van der Waals surface area contributed by atoms with Gasteiger partial charge in [0.2, 0.25) is 0 Å². The van der Waals surface area contributed by atoms with Crippen LogP contribution in [0, 0.1) is 0 Å². The highest BCUT2D eigenvalue weighted by Crippen LogP contribution is 2.40. The average Bonchev–Trinajstić information content (AvgIpc) is 3.46. The summed E-state index contributed by atoms with van der Waals surface area (Å²) >= 11 is 3.76. The molecule has 0 aliphatic rings. The lowest BCUT2D eigenvalue weighted by molar-refractivity contribution is 0.717. The number of thiophene rings is 2. The molecule has 152 valence electrons. The van der Waals surface area contributed by atoms with Gasteiger partial charge < -0.3 is 0 Å². The fourth-order valence-corrected chi connectivity index (χ4v) is 6.75. The molecule has 31 heavy (non-hydrogen) atoms. The molecule has 0 unspecified atom stereocenters. The molecular formula is C29H24S2. The Morgan fingerprint density at radius 3 is 2.13 bits per heavy atom. The van der Waals surface area contributed by atoms with Crippen molar-refractivity contribution in [3.05, 3.63) is 83.7 Å². The molecule has 0 aliphatic heterocycles. The number of benzene rings is 4. The molecule has 0 saturated carbocycles. The number of unbranched alkanes of at least 4 members (excludes halogenated alkanes) is 2. The van der Waals surface area contributed by atoms with Crippen molar-refractivity contribution in [3.63, 3.8) is 0 Å². The Kier molecular flexibility index (Phi) is 4.78. The molecule has 6 aromatic rings. The zero-order chi connectivity index (χ0) is 20.8. The Morgan fingerprint density at radius 2 is 1.35 bits per heavy atom. The molecule has 2 heteroatoms. The fourth-order valence-electron chi connectivity index (χ4n) is 4.63. The minimum Gasteiger partial charge on any atom is -0.143 e. The standard InChI is InChI=1S/C29H24S2/c1-2-3-4-5-19-6-8-20(9-7-19)27-18-24-13-12-23-16-25-22(17-26(23)29(24)31-27)11-10-21-14-15-30-28(21)25/h6-18H,2-5H2,1H3. The number of fused-ring (bicyclic) bond motifs is 6. The molecule has 0 bridgehead atoms. The second-order valence-electron chi connectivity index (χ2n) is 8.45. The van der Waals surface area contributed by atoms with Gasteiger partial charge in [-0.15, -0.1) is 22.7 Å². The zero-order valence-electron chi connectivity index (χ0n) is 17.7. The molecular weight excluding hydrogens is 412 g/mol. The number of aryl methyl sites for hydroxylation is 1. The van der Waals surface area contributed by atoms with E-state index in [0.29, 0.717) is 0 Å². The Hall–Kier alpha value is -2.68. The van der Waals surface area contributed by atoms with Crippen LogP contribution in [0.3, 0.4) is 0 Å². The minimum absolute atomic E-state index is 1.19. The van der Waals surface area contributed by atoms with E-state index in [-0.39, 0.29) is 0 Å². The Bertz CT molecular complexity index is 1530. The van der Waals surface area contributed by atoms with Gasteiger partial charge in [0.15, 0.2) is 0 Å². The number of rotatable bonds is 5. The Balaban J connectivity index is 1.44. The van der Waals surface area contributed by atoms with E-state index in [0.717, 1.165) is 0 Å². The molecule has 0 amide bonds. The maximum Gasteiger partial charge on any atom is 0.0428 e. The van der Waals surface area contributed by atoms with Crippen molar-refractivity contribution in [2.75, 3.05) is 0 Å². The molecule has 0 aliphatic carbocycles. The van der Waals surface area contributed by atoms with Gasteiger partial charge >= 0.3 is 0 Å². The SMILES string of the molecule is CCCCCc1ccc(-c2cc3ccc4cc5c(ccc6ccsc65)cc4c3s2)cc1. The van der Waals surface area contributed by atoms with E-state index < -0.39 is 0 Å². The molecule has 0 spiro atoms. The summed E-state index contributed by atoms with van der Waals surface area (Å²) in [6.07, 6.45) is 5.07. The van der Waals surface area contributed by atoms with Crippen LogP contribution >= 0.6 is 22.7 Å². The van der Waals surface area contributed by atoms with Crippen molar-refractivity contribution in [2.45, 2.75) is 32.6 Å². The molecule has 0 saturated heterocycles. The van der Waals surface area contributed by atoms with Crippen LogP contribution in [0.5, 0.6) is 0 Å². The van der Waals surface area contributed by atoms with E-state index in [2.05, 4.69) is 85.1 Å². The summed E-state index contributed by atoms with van der Waals surface area (Å²) in [5.74, 6) is 0. The first-order valence-electron chi connectivity index (χ1n) is 11.2. The molecule has 0 fully saturated rings. The van der Waals surface area contributed by atoms with Gasteiger partial charge in [-0.2, -0.15) is 0 Å². The Morgan fingerprint density at radius 1 is 0.645 bits per heavy atom. The van der Waals surface area contributed by atoms with Gasteiger partial charge in [0.1, 0.15) is 0 Å². The van der Waals surface area contributed by atoms with E-state index in [9.17, 15) is 0 Å². The van der Waals surface area contributed by atoms with Crippen LogP contribution in [0.2, 0.25) is 0 Å². The predicted octanol–water partition coefficient (Wildman–Crippen LogP) is 9.82. The van der Waals surface area contributed by atoms with Gasteiger partial charge in [-0.1, -0.05) is 68.3 Å². The summed E-state index contributed by atoms with van der Waals surface area (Å²) in [6, 6.07) is 27.7. The summed E-state index contributed by atoms with van der Waals surface area (Å²) < 4.78 is 2.79. The monoisotopic (exact) mass is 436 g/mol. The normalized spacial score (nSPS) is 11.9. The highest BCUT2D eigenvalue weighted by molar-refractivity contribution is 7.23. The van der Waals surface area contributed by atoms with Crippen LogP contribution in [0.4, 0.5) is 0 Å². The second-order valence-corrected chi connectivity index (χ2v) is 10.4. The first-order valence-corrected chi connectivity index (χ1v) is 12.9. The van der Waals surface area contributed by atoms with Crippen LogP contribution in [-0.4, -0.2) is 0 Å². The molecule has 0 N–H and O–H groups in total. The molecule has 4 aromatic carbocycles. The maximum atomic E-state index is 2.39. The molecule has 0 radical (unpaired) electrons. The van der Waals surface area contributed by atoms with Gasteiger partial charge in [0.25, 0.3) is 0 Å². The van der Waals surface area contributed by atoms with Crippen LogP contribution in [0.25, 0.3) is 52.2 Å². The molecule has 6 rings (SSSR count). The first-order chi connectivity index (χ1) is 15.3. The topological polar surface area (TPSA) is 0 Å². The zero-order valence-corrected chi connectivity index (χ0v) is 19.3. The summed E-state index contributed by atoms with van der Waals surface area (Å²) in [5, 5.41) is 10.3. The van der Waals surface area contributed by atoms with Crippen LogP contribution in [-0.2, 0) is 6.42 Å². The highest BCUT2D eigenvalue weighted by atomic mass is 32.1. The quantitative estimate of drug-likeness (QED) is 0.186. The van der Waals surface area contributed by atoms with Gasteiger partial charge in [0.05, 0.1) is 0 Å². The average molecular weight is 437 g/mol. The van der Waals surface area contributed by atoms with E-state index in [1.165, 1.54) is 83.4 Å². The summed E-state index contributed by atoms with van der Waals surface area (Å²) in [4.78, 5) is 1.36. The van der Waals surface area contributed by atoms with Gasteiger partial charge in [-0.05, 0) is 75.2 Å². The van der Waals surface area contributed by atoms with Gasteiger partial charge in [-0.25, -0.2) is 0 Å². The van der Waals surface area contributed by atoms with Crippen molar-refractivity contribution in [3.8, 4) is 10.4 Å².